The molecule has 15 heavy (non-hydrogen) atoms. The maximum absolute atomic E-state index is 11.4. The second-order valence-electron chi connectivity index (χ2n) is 2.62. The number of aromatic nitrogens is 2. The number of urea groups is 1. The second kappa shape index (κ2) is 4.75. The zero-order valence-corrected chi connectivity index (χ0v) is 8.54. The highest BCUT2D eigenvalue weighted by atomic mass is 32.2. The lowest BCUT2D eigenvalue weighted by atomic mass is 10.6. The fraction of sp³-hybridized carbons (Fsp3) is 0.333. The van der Waals surface area contributed by atoms with Crippen molar-refractivity contribution in [1.82, 2.24) is 20.2 Å². The van der Waals surface area contributed by atoms with Crippen LogP contribution in [0.4, 0.5) is 4.79 Å². The number of primary amides is 1. The van der Waals surface area contributed by atoms with E-state index in [0.717, 1.165) is 0 Å². The van der Waals surface area contributed by atoms with Crippen molar-refractivity contribution >= 4 is 16.1 Å². The summed E-state index contributed by atoms with van der Waals surface area (Å²) in [5, 5.41) is 8.15. The zero-order valence-electron chi connectivity index (χ0n) is 7.73. The summed E-state index contributed by atoms with van der Waals surface area (Å²) in [6.07, 6.45) is 2.44. The summed E-state index contributed by atoms with van der Waals surface area (Å²) in [4.78, 5) is 10.3. The Kier molecular flexibility index (Phi) is 3.63. The van der Waals surface area contributed by atoms with Crippen molar-refractivity contribution < 1.29 is 13.2 Å². The molecule has 9 heteroatoms. The van der Waals surface area contributed by atoms with Gasteiger partial charge in [0.1, 0.15) is 4.90 Å². The van der Waals surface area contributed by atoms with E-state index in [9.17, 15) is 13.2 Å². The first kappa shape index (κ1) is 11.5. The Morgan fingerprint density at radius 1 is 1.53 bits per heavy atom. The predicted molar refractivity (Wildman–Crippen MR) is 51.4 cm³/mol. The highest BCUT2D eigenvalue weighted by Crippen LogP contribution is 2.02. The molecule has 1 rings (SSSR count). The molecule has 0 aliphatic rings. The number of nitrogens with two attached hydrogens (primary N) is 1. The van der Waals surface area contributed by atoms with Gasteiger partial charge in [-0.05, 0) is 0 Å². The van der Waals surface area contributed by atoms with Gasteiger partial charge in [-0.2, -0.15) is 5.10 Å². The maximum Gasteiger partial charge on any atom is 0.312 e. The van der Waals surface area contributed by atoms with Crippen LogP contribution in [0.15, 0.2) is 17.3 Å². The molecule has 1 heterocycles. The van der Waals surface area contributed by atoms with Crippen molar-refractivity contribution in [2.24, 2.45) is 5.73 Å². The number of rotatable bonds is 5. The third kappa shape index (κ3) is 3.56. The summed E-state index contributed by atoms with van der Waals surface area (Å²) >= 11 is 0. The zero-order chi connectivity index (χ0) is 11.3. The van der Waals surface area contributed by atoms with E-state index in [1.165, 1.54) is 12.4 Å². The number of H-pyrrole nitrogens is 1. The van der Waals surface area contributed by atoms with Gasteiger partial charge in [-0.3, -0.25) is 5.10 Å². The molecule has 0 unspecified atom stereocenters. The van der Waals surface area contributed by atoms with E-state index in [1.807, 2.05) is 0 Å². The van der Waals surface area contributed by atoms with Crippen LogP contribution in [0.2, 0.25) is 0 Å². The van der Waals surface area contributed by atoms with Crippen LogP contribution >= 0.6 is 0 Å². The standard InChI is InChI=1S/C6H11N5O3S/c7-6(12)8-1-2-11-15(13,14)5-3-9-10-4-5/h3-4,11H,1-2H2,(H,9,10)(H3,7,8,12). The fourth-order valence-corrected chi connectivity index (χ4v) is 1.78. The molecule has 0 fully saturated rings. The first-order valence-corrected chi connectivity index (χ1v) is 5.52. The van der Waals surface area contributed by atoms with E-state index in [1.54, 1.807) is 0 Å². The molecule has 0 saturated carbocycles. The molecule has 0 saturated heterocycles. The lowest BCUT2D eigenvalue weighted by molar-refractivity contribution is 0.249. The molecule has 8 nitrogen and oxygen atoms in total. The largest absolute Gasteiger partial charge is 0.352 e. The Labute approximate surface area is 86.3 Å². The van der Waals surface area contributed by atoms with Crippen LogP contribution in [-0.4, -0.2) is 37.7 Å². The van der Waals surface area contributed by atoms with Crippen molar-refractivity contribution in [3.05, 3.63) is 12.4 Å². The minimum absolute atomic E-state index is 0.0431. The van der Waals surface area contributed by atoms with Crippen LogP contribution in [0.5, 0.6) is 0 Å². The predicted octanol–water partition coefficient (Wildman–Crippen LogP) is -1.64. The summed E-state index contributed by atoms with van der Waals surface area (Å²) in [5.41, 5.74) is 4.79. The molecule has 5 N–H and O–H groups in total. The number of sulfonamides is 1. The number of amides is 2. The molecule has 0 spiro atoms. The van der Waals surface area contributed by atoms with Crippen molar-refractivity contribution in [1.29, 1.82) is 0 Å². The Morgan fingerprint density at radius 3 is 2.80 bits per heavy atom. The smallest absolute Gasteiger partial charge is 0.312 e. The number of aromatic amines is 1. The number of hydrogen-bond acceptors (Lipinski definition) is 4. The molecule has 1 aromatic heterocycles. The number of nitrogens with one attached hydrogen (secondary N) is 3. The first-order chi connectivity index (χ1) is 7.02. The number of carbonyl (C=O) groups is 1. The van der Waals surface area contributed by atoms with E-state index in [-0.39, 0.29) is 18.0 Å². The minimum Gasteiger partial charge on any atom is -0.352 e. The Hall–Kier alpha value is -1.61. The Morgan fingerprint density at radius 2 is 2.27 bits per heavy atom. The lowest BCUT2D eigenvalue weighted by Gasteiger charge is -2.04. The van der Waals surface area contributed by atoms with Gasteiger partial charge in [0.05, 0.1) is 6.20 Å². The molecule has 84 valence electrons. The summed E-state index contributed by atoms with van der Waals surface area (Å²) in [6.45, 7) is 0.197. The summed E-state index contributed by atoms with van der Waals surface area (Å²) in [5.74, 6) is 0. The number of carbonyl (C=O) groups excluding carboxylic acids is 1. The summed E-state index contributed by atoms with van der Waals surface area (Å²) < 4.78 is 25.1. The third-order valence-electron chi connectivity index (χ3n) is 1.50. The van der Waals surface area contributed by atoms with Crippen LogP contribution in [0, 0.1) is 0 Å². The molecule has 0 bridgehead atoms. The van der Waals surface area contributed by atoms with Gasteiger partial charge in [0.25, 0.3) is 0 Å². The van der Waals surface area contributed by atoms with Gasteiger partial charge in [0, 0.05) is 19.3 Å². The highest BCUT2D eigenvalue weighted by molar-refractivity contribution is 7.89. The Balaban J connectivity index is 2.42. The van der Waals surface area contributed by atoms with E-state index >= 15 is 0 Å². The molecule has 0 atom stereocenters. The van der Waals surface area contributed by atoms with E-state index in [2.05, 4.69) is 20.2 Å². The number of hydrogen-bond donors (Lipinski definition) is 4. The van der Waals surface area contributed by atoms with Crippen LogP contribution < -0.4 is 15.8 Å². The van der Waals surface area contributed by atoms with Crippen LogP contribution in [0.3, 0.4) is 0 Å². The lowest BCUT2D eigenvalue weighted by Crippen LogP contribution is -2.37. The van der Waals surface area contributed by atoms with Crippen LogP contribution in [0.25, 0.3) is 0 Å². The third-order valence-corrected chi connectivity index (χ3v) is 2.93. The van der Waals surface area contributed by atoms with Gasteiger partial charge in [0.2, 0.25) is 10.0 Å². The van der Waals surface area contributed by atoms with E-state index in [0.29, 0.717) is 0 Å². The monoisotopic (exact) mass is 233 g/mol. The normalized spacial score (nSPS) is 11.2. The van der Waals surface area contributed by atoms with Crippen molar-refractivity contribution in [2.45, 2.75) is 4.90 Å². The molecule has 0 aromatic carbocycles. The average molecular weight is 233 g/mol. The molecule has 0 radical (unpaired) electrons. The molecule has 0 aliphatic heterocycles. The first-order valence-electron chi connectivity index (χ1n) is 4.04. The molecular formula is C6H11N5O3S. The fourth-order valence-electron chi connectivity index (χ4n) is 0.840. The van der Waals surface area contributed by atoms with Crippen LogP contribution in [-0.2, 0) is 10.0 Å². The van der Waals surface area contributed by atoms with Gasteiger partial charge in [-0.15, -0.1) is 0 Å². The molecule has 1 aromatic rings. The second-order valence-corrected chi connectivity index (χ2v) is 4.39. The minimum atomic E-state index is -3.55. The van der Waals surface area contributed by atoms with Gasteiger partial charge in [-0.25, -0.2) is 17.9 Å². The van der Waals surface area contributed by atoms with Gasteiger partial charge in [-0.1, -0.05) is 0 Å². The topological polar surface area (TPSA) is 130 Å². The van der Waals surface area contributed by atoms with E-state index in [4.69, 9.17) is 5.73 Å². The SMILES string of the molecule is NC(=O)NCCNS(=O)(=O)c1cn[nH]c1. The molecular weight excluding hydrogens is 222 g/mol. The maximum atomic E-state index is 11.4. The van der Waals surface area contributed by atoms with Gasteiger partial charge in [0.15, 0.2) is 0 Å². The van der Waals surface area contributed by atoms with Crippen molar-refractivity contribution in [2.75, 3.05) is 13.1 Å². The van der Waals surface area contributed by atoms with E-state index < -0.39 is 16.1 Å². The summed E-state index contributed by atoms with van der Waals surface area (Å²) in [6, 6.07) is -0.697. The quantitative estimate of drug-likeness (QED) is 0.454. The number of nitrogens with zero attached hydrogens (tertiary/aromatic N) is 1. The Bertz CT molecular complexity index is 412. The van der Waals surface area contributed by atoms with Gasteiger partial charge < -0.3 is 11.1 Å². The molecule has 0 aliphatic carbocycles. The average Bonchev–Trinajstić information content (AvgIpc) is 2.65. The van der Waals surface area contributed by atoms with Crippen molar-refractivity contribution in [3.8, 4) is 0 Å². The van der Waals surface area contributed by atoms with Gasteiger partial charge >= 0.3 is 6.03 Å². The molecule has 2 amide bonds. The highest BCUT2D eigenvalue weighted by Gasteiger charge is 2.13. The van der Waals surface area contributed by atoms with Crippen LogP contribution in [0.1, 0.15) is 0 Å². The van der Waals surface area contributed by atoms with Crippen molar-refractivity contribution in [3.63, 3.8) is 0 Å². The summed E-state index contributed by atoms with van der Waals surface area (Å²) in [7, 11) is -3.55.